The molecule has 5 heteroatoms. The first-order valence-corrected chi connectivity index (χ1v) is 6.86. The molecule has 19 heavy (non-hydrogen) atoms. The van der Waals surface area contributed by atoms with Gasteiger partial charge in [-0.3, -0.25) is 4.79 Å². The second-order valence-electron chi connectivity index (χ2n) is 4.73. The molecule has 0 saturated heterocycles. The summed E-state index contributed by atoms with van der Waals surface area (Å²) in [6.45, 7) is 0. The molecule has 0 spiro atoms. The summed E-state index contributed by atoms with van der Waals surface area (Å²) in [7, 11) is 3.25. The molecular weight excluding hydrogens is 308 g/mol. The van der Waals surface area contributed by atoms with Gasteiger partial charge in [-0.1, -0.05) is 15.9 Å². The summed E-state index contributed by atoms with van der Waals surface area (Å²) in [6, 6.07) is 7.64. The molecule has 0 radical (unpaired) electrons. The zero-order chi connectivity index (χ0) is 14.0. The Hall–Kier alpha value is -1.54. The summed E-state index contributed by atoms with van der Waals surface area (Å²) in [5.41, 5.74) is -0.175. The summed E-state index contributed by atoms with van der Waals surface area (Å²) >= 11 is 3.38. The molecular formula is C14H15BrN2O2. The Kier molecular flexibility index (Phi) is 3.81. The zero-order valence-corrected chi connectivity index (χ0v) is 12.5. The van der Waals surface area contributed by atoms with Crippen molar-refractivity contribution in [1.29, 1.82) is 5.26 Å². The number of hydrogen-bond acceptors (Lipinski definition) is 3. The Labute approximate surface area is 121 Å². The fourth-order valence-corrected chi connectivity index (χ4v) is 2.61. The fourth-order valence-electron chi connectivity index (χ4n) is 2.26. The summed E-state index contributed by atoms with van der Waals surface area (Å²) in [5.74, 6) is 0.462. The highest BCUT2D eigenvalue weighted by atomic mass is 79.9. The van der Waals surface area contributed by atoms with Crippen LogP contribution in [0.1, 0.15) is 19.3 Å². The van der Waals surface area contributed by atoms with Gasteiger partial charge in [0.15, 0.2) is 0 Å². The minimum Gasteiger partial charge on any atom is -0.495 e. The largest absolute Gasteiger partial charge is 0.495 e. The third kappa shape index (κ3) is 2.33. The molecule has 0 aromatic heterocycles. The number of nitriles is 1. The molecule has 1 fully saturated rings. The number of halogens is 1. The maximum Gasteiger partial charge on any atom is 0.247 e. The normalized spacial score (nSPS) is 16.1. The molecule has 0 aliphatic heterocycles. The van der Waals surface area contributed by atoms with Crippen molar-refractivity contribution >= 4 is 27.5 Å². The second kappa shape index (κ2) is 5.22. The number of ether oxygens (including phenoxy) is 1. The van der Waals surface area contributed by atoms with E-state index in [-0.39, 0.29) is 5.91 Å². The molecule has 0 heterocycles. The van der Waals surface area contributed by atoms with Gasteiger partial charge in [0.05, 0.1) is 18.9 Å². The van der Waals surface area contributed by atoms with Gasteiger partial charge in [0.1, 0.15) is 11.2 Å². The number of amides is 1. The molecule has 1 amide bonds. The van der Waals surface area contributed by atoms with E-state index in [4.69, 9.17) is 4.74 Å². The average molecular weight is 323 g/mol. The maximum absolute atomic E-state index is 12.5. The molecule has 1 aromatic carbocycles. The van der Waals surface area contributed by atoms with Crippen molar-refractivity contribution in [3.05, 3.63) is 22.7 Å². The Morgan fingerprint density at radius 3 is 2.68 bits per heavy atom. The Morgan fingerprint density at radius 1 is 1.53 bits per heavy atom. The molecule has 1 saturated carbocycles. The number of anilines is 1. The molecule has 1 aliphatic rings. The molecule has 1 aromatic rings. The van der Waals surface area contributed by atoms with Gasteiger partial charge in [0.25, 0.3) is 0 Å². The van der Waals surface area contributed by atoms with Crippen LogP contribution in [-0.2, 0) is 4.79 Å². The lowest BCUT2D eigenvalue weighted by Crippen LogP contribution is -2.45. The van der Waals surface area contributed by atoms with Crippen LogP contribution in [0.25, 0.3) is 0 Å². The highest BCUT2D eigenvalue weighted by Gasteiger charge is 2.46. The Balaban J connectivity index is 2.34. The van der Waals surface area contributed by atoms with Crippen molar-refractivity contribution in [3.8, 4) is 11.8 Å². The second-order valence-corrected chi connectivity index (χ2v) is 5.64. The van der Waals surface area contributed by atoms with Crippen LogP contribution in [0.2, 0.25) is 0 Å². The van der Waals surface area contributed by atoms with Crippen molar-refractivity contribution in [2.75, 3.05) is 19.1 Å². The number of carbonyl (C=O) groups is 1. The van der Waals surface area contributed by atoms with E-state index < -0.39 is 5.41 Å². The lowest BCUT2D eigenvalue weighted by molar-refractivity contribution is -0.128. The summed E-state index contributed by atoms with van der Waals surface area (Å²) in [4.78, 5) is 14.0. The molecule has 100 valence electrons. The first kappa shape index (κ1) is 13.9. The van der Waals surface area contributed by atoms with Crippen LogP contribution in [0.15, 0.2) is 22.7 Å². The quantitative estimate of drug-likeness (QED) is 0.859. The average Bonchev–Trinajstić information content (AvgIpc) is 2.37. The van der Waals surface area contributed by atoms with Crippen LogP contribution < -0.4 is 9.64 Å². The van der Waals surface area contributed by atoms with Gasteiger partial charge in [0.2, 0.25) is 5.91 Å². The van der Waals surface area contributed by atoms with E-state index in [1.54, 1.807) is 20.2 Å². The van der Waals surface area contributed by atoms with Crippen molar-refractivity contribution in [2.24, 2.45) is 5.41 Å². The number of rotatable bonds is 3. The number of hydrogen-bond donors (Lipinski definition) is 0. The molecule has 0 unspecified atom stereocenters. The van der Waals surface area contributed by atoms with Crippen LogP contribution in [-0.4, -0.2) is 20.1 Å². The lowest BCUT2D eigenvalue weighted by atomic mass is 9.69. The molecule has 0 atom stereocenters. The van der Waals surface area contributed by atoms with Gasteiger partial charge in [-0.25, -0.2) is 0 Å². The van der Waals surface area contributed by atoms with Crippen LogP contribution in [0.5, 0.6) is 5.75 Å². The number of benzene rings is 1. The summed E-state index contributed by atoms with van der Waals surface area (Å²) in [6.07, 6.45) is 2.22. The van der Waals surface area contributed by atoms with Crippen molar-refractivity contribution in [3.63, 3.8) is 0 Å². The van der Waals surface area contributed by atoms with Gasteiger partial charge < -0.3 is 9.64 Å². The fraction of sp³-hybridized carbons (Fsp3) is 0.429. The number of carbonyl (C=O) groups excluding carboxylic acids is 1. The molecule has 1 aliphatic carbocycles. The first-order valence-electron chi connectivity index (χ1n) is 6.07. The SMILES string of the molecule is COc1ccc(Br)cc1N(C)C(=O)C1(C#N)CCC1. The van der Waals surface area contributed by atoms with Gasteiger partial charge >= 0.3 is 0 Å². The van der Waals surface area contributed by atoms with Crippen molar-refractivity contribution < 1.29 is 9.53 Å². The number of nitrogens with zero attached hydrogens (tertiary/aromatic N) is 2. The molecule has 0 N–H and O–H groups in total. The molecule has 4 nitrogen and oxygen atoms in total. The van der Waals surface area contributed by atoms with Gasteiger partial charge in [-0.2, -0.15) is 5.26 Å². The monoisotopic (exact) mass is 322 g/mol. The van der Waals surface area contributed by atoms with E-state index in [0.717, 1.165) is 10.9 Å². The van der Waals surface area contributed by atoms with E-state index >= 15 is 0 Å². The van der Waals surface area contributed by atoms with E-state index in [1.807, 2.05) is 12.1 Å². The smallest absolute Gasteiger partial charge is 0.247 e. The van der Waals surface area contributed by atoms with Crippen LogP contribution in [0.3, 0.4) is 0 Å². The van der Waals surface area contributed by atoms with Crippen LogP contribution in [0, 0.1) is 16.7 Å². The standard InChI is InChI=1S/C14H15BrN2O2/c1-17(13(18)14(9-16)6-3-7-14)11-8-10(15)4-5-12(11)19-2/h4-5,8H,3,6-7H2,1-2H3. The number of methoxy groups -OCH3 is 1. The highest BCUT2D eigenvalue weighted by molar-refractivity contribution is 9.10. The summed E-state index contributed by atoms with van der Waals surface area (Å²) in [5, 5.41) is 9.25. The Morgan fingerprint density at radius 2 is 2.21 bits per heavy atom. The maximum atomic E-state index is 12.5. The zero-order valence-electron chi connectivity index (χ0n) is 10.9. The minimum absolute atomic E-state index is 0.155. The van der Waals surface area contributed by atoms with E-state index in [2.05, 4.69) is 22.0 Å². The van der Waals surface area contributed by atoms with E-state index in [0.29, 0.717) is 24.3 Å². The third-order valence-corrected chi connectivity index (χ3v) is 4.13. The molecule has 0 bridgehead atoms. The van der Waals surface area contributed by atoms with E-state index in [1.165, 1.54) is 4.90 Å². The highest BCUT2D eigenvalue weighted by Crippen LogP contribution is 2.43. The van der Waals surface area contributed by atoms with Crippen molar-refractivity contribution in [2.45, 2.75) is 19.3 Å². The van der Waals surface area contributed by atoms with Crippen LogP contribution >= 0.6 is 15.9 Å². The Bertz CT molecular complexity index is 547. The first-order chi connectivity index (χ1) is 9.04. The van der Waals surface area contributed by atoms with Gasteiger partial charge in [0, 0.05) is 11.5 Å². The predicted octanol–water partition coefficient (Wildman–Crippen LogP) is 3.11. The third-order valence-electron chi connectivity index (χ3n) is 3.64. The topological polar surface area (TPSA) is 53.3 Å². The van der Waals surface area contributed by atoms with Gasteiger partial charge in [-0.05, 0) is 37.5 Å². The van der Waals surface area contributed by atoms with E-state index in [9.17, 15) is 10.1 Å². The minimum atomic E-state index is -0.845. The summed E-state index contributed by atoms with van der Waals surface area (Å²) < 4.78 is 6.14. The van der Waals surface area contributed by atoms with Crippen molar-refractivity contribution in [1.82, 2.24) is 0 Å². The van der Waals surface area contributed by atoms with Crippen LogP contribution in [0.4, 0.5) is 5.69 Å². The predicted molar refractivity (Wildman–Crippen MR) is 76.0 cm³/mol. The molecule has 2 rings (SSSR count). The van der Waals surface area contributed by atoms with Gasteiger partial charge in [-0.15, -0.1) is 0 Å². The lowest BCUT2D eigenvalue weighted by Gasteiger charge is -2.37.